The number of hydrogen-bond acceptors (Lipinski definition) is 7. The minimum Gasteiger partial charge on any atom is -0.489 e. The predicted octanol–water partition coefficient (Wildman–Crippen LogP) is 5.76. The number of hydrogen-bond donors (Lipinski definition) is 0. The number of rotatable bonds is 8. The molecular weight excluding hydrogens is 467 g/mol. The first-order valence-corrected chi connectivity index (χ1v) is 10.3. The molecule has 9 heteroatoms. The fourth-order valence-electron chi connectivity index (χ4n) is 2.86. The number of oxime groups is 1. The zero-order chi connectivity index (χ0) is 23.8. The lowest BCUT2D eigenvalue weighted by Gasteiger charge is -2.14. The van der Waals surface area contributed by atoms with E-state index in [9.17, 15) is 4.79 Å². The molecule has 0 saturated carbocycles. The Kier molecular flexibility index (Phi) is 8.14. The van der Waals surface area contributed by atoms with E-state index >= 15 is 0 Å². The van der Waals surface area contributed by atoms with Gasteiger partial charge in [0.15, 0.2) is 11.5 Å². The van der Waals surface area contributed by atoms with Crippen LogP contribution in [0.15, 0.2) is 65.8 Å². The van der Waals surface area contributed by atoms with Crippen LogP contribution in [0.1, 0.15) is 16.7 Å². The molecule has 0 aliphatic carbocycles. The highest BCUT2D eigenvalue weighted by Crippen LogP contribution is 2.39. The Bertz CT molecular complexity index is 1200. The van der Waals surface area contributed by atoms with E-state index in [2.05, 4.69) is 5.16 Å². The number of ether oxygens (including phenoxy) is 3. The number of halogens is 2. The molecule has 0 atom stereocenters. The number of nitrogens with zero attached hydrogens (tertiary/aromatic N) is 2. The molecule has 0 fully saturated rings. The monoisotopic (exact) mass is 484 g/mol. The zero-order valence-corrected chi connectivity index (χ0v) is 19.2. The standard InChI is InChI=1S/C24H18Cl2N2O5/c1-30-24(29)22(28-31-2)19-6-4-3-5-16(19)14-32-18-11-20(25)23(21(26)12-18)33-17-9-7-15(13-27)8-10-17/h3-12H,14H2,1-2H3. The van der Waals surface area contributed by atoms with Crippen LogP contribution in [0.25, 0.3) is 0 Å². The summed E-state index contributed by atoms with van der Waals surface area (Å²) in [4.78, 5) is 16.9. The second-order valence-electron chi connectivity index (χ2n) is 6.51. The Labute approximate surface area is 200 Å². The SMILES string of the molecule is CON=C(C(=O)OC)c1ccccc1COc1cc(Cl)c(Oc2ccc(C#N)cc2)c(Cl)c1. The van der Waals surface area contributed by atoms with Crippen LogP contribution >= 0.6 is 23.2 Å². The average molecular weight is 485 g/mol. The van der Waals surface area contributed by atoms with Gasteiger partial charge in [0.1, 0.15) is 25.2 Å². The first kappa shape index (κ1) is 23.9. The van der Waals surface area contributed by atoms with Gasteiger partial charge in [0.2, 0.25) is 0 Å². The van der Waals surface area contributed by atoms with Crippen molar-refractivity contribution in [2.24, 2.45) is 5.16 Å². The first-order valence-electron chi connectivity index (χ1n) is 9.54. The normalized spacial score (nSPS) is 10.8. The molecule has 0 aliphatic heterocycles. The molecule has 0 unspecified atom stereocenters. The summed E-state index contributed by atoms with van der Waals surface area (Å²) in [5.74, 6) is 0.499. The summed E-state index contributed by atoms with van der Waals surface area (Å²) >= 11 is 12.7. The zero-order valence-electron chi connectivity index (χ0n) is 17.7. The van der Waals surface area contributed by atoms with Gasteiger partial charge in [-0.25, -0.2) is 4.79 Å². The third kappa shape index (κ3) is 5.95. The maximum atomic E-state index is 12.1. The summed E-state index contributed by atoms with van der Waals surface area (Å²) in [6, 6.07) is 18.8. The van der Waals surface area contributed by atoms with E-state index in [1.165, 1.54) is 14.2 Å². The fraction of sp³-hybridized carbons (Fsp3) is 0.125. The average Bonchev–Trinajstić information content (AvgIpc) is 2.83. The van der Waals surface area contributed by atoms with E-state index in [1.54, 1.807) is 60.7 Å². The van der Waals surface area contributed by atoms with Crippen LogP contribution in [0.4, 0.5) is 0 Å². The van der Waals surface area contributed by atoms with Crippen molar-refractivity contribution in [2.75, 3.05) is 14.2 Å². The lowest BCUT2D eigenvalue weighted by Crippen LogP contribution is -2.19. The lowest BCUT2D eigenvalue weighted by atomic mass is 10.0. The number of carbonyl (C=O) groups is 1. The van der Waals surface area contributed by atoms with E-state index in [0.29, 0.717) is 28.2 Å². The second-order valence-corrected chi connectivity index (χ2v) is 7.33. The molecule has 0 aliphatic rings. The second kappa shape index (κ2) is 11.2. The smallest absolute Gasteiger partial charge is 0.360 e. The van der Waals surface area contributed by atoms with Gasteiger partial charge >= 0.3 is 5.97 Å². The molecule has 168 valence electrons. The van der Waals surface area contributed by atoms with Gasteiger partial charge < -0.3 is 19.0 Å². The van der Waals surface area contributed by atoms with Gasteiger partial charge in [-0.2, -0.15) is 5.26 Å². The molecule has 7 nitrogen and oxygen atoms in total. The van der Waals surface area contributed by atoms with Crippen LogP contribution in [0, 0.1) is 11.3 Å². The molecule has 0 N–H and O–H groups in total. The topological polar surface area (TPSA) is 90.1 Å². The Balaban J connectivity index is 1.80. The highest BCUT2D eigenvalue weighted by atomic mass is 35.5. The summed E-state index contributed by atoms with van der Waals surface area (Å²) in [6.07, 6.45) is 0. The summed E-state index contributed by atoms with van der Waals surface area (Å²) < 4.78 is 16.4. The number of benzene rings is 3. The van der Waals surface area contributed by atoms with Crippen LogP contribution in [0.5, 0.6) is 17.2 Å². The summed E-state index contributed by atoms with van der Waals surface area (Å²) in [6.45, 7) is 0.0956. The fourth-order valence-corrected chi connectivity index (χ4v) is 3.40. The Morgan fingerprint density at radius 1 is 1.00 bits per heavy atom. The maximum Gasteiger partial charge on any atom is 0.360 e. The van der Waals surface area contributed by atoms with Gasteiger partial charge in [-0.3, -0.25) is 0 Å². The highest BCUT2D eigenvalue weighted by molar-refractivity contribution is 6.43. The molecule has 0 bridgehead atoms. The first-order chi connectivity index (χ1) is 16.0. The molecule has 0 radical (unpaired) electrons. The van der Waals surface area contributed by atoms with Crippen molar-refractivity contribution in [3.05, 3.63) is 87.4 Å². The molecular formula is C24H18Cl2N2O5. The van der Waals surface area contributed by atoms with E-state index in [-0.39, 0.29) is 28.1 Å². The third-order valence-electron chi connectivity index (χ3n) is 4.40. The molecule has 3 rings (SSSR count). The Hall–Kier alpha value is -3.73. The van der Waals surface area contributed by atoms with Crippen LogP contribution < -0.4 is 9.47 Å². The summed E-state index contributed by atoms with van der Waals surface area (Å²) in [7, 11) is 2.60. The number of methoxy groups -OCH3 is 1. The van der Waals surface area contributed by atoms with E-state index in [4.69, 9.17) is 47.5 Å². The largest absolute Gasteiger partial charge is 0.489 e. The minimum atomic E-state index is -0.639. The van der Waals surface area contributed by atoms with Crippen molar-refractivity contribution in [1.29, 1.82) is 5.26 Å². The third-order valence-corrected chi connectivity index (χ3v) is 4.96. The van der Waals surface area contributed by atoms with Crippen LogP contribution in [0.2, 0.25) is 10.0 Å². The molecule has 0 aromatic heterocycles. The van der Waals surface area contributed by atoms with Gasteiger partial charge in [0.25, 0.3) is 0 Å². The van der Waals surface area contributed by atoms with E-state index in [0.717, 1.165) is 0 Å². The molecule has 0 amide bonds. The van der Waals surface area contributed by atoms with Crippen molar-refractivity contribution in [1.82, 2.24) is 0 Å². The highest BCUT2D eigenvalue weighted by Gasteiger charge is 2.19. The van der Waals surface area contributed by atoms with Gasteiger partial charge in [0, 0.05) is 17.7 Å². The van der Waals surface area contributed by atoms with Crippen molar-refractivity contribution in [2.45, 2.75) is 6.61 Å². The van der Waals surface area contributed by atoms with Gasteiger partial charge in [-0.15, -0.1) is 0 Å². The Morgan fingerprint density at radius 3 is 2.27 bits per heavy atom. The predicted molar refractivity (Wildman–Crippen MR) is 124 cm³/mol. The van der Waals surface area contributed by atoms with Crippen molar-refractivity contribution >= 4 is 34.9 Å². The molecule has 33 heavy (non-hydrogen) atoms. The maximum absolute atomic E-state index is 12.1. The summed E-state index contributed by atoms with van der Waals surface area (Å²) in [5.41, 5.74) is 1.70. The van der Waals surface area contributed by atoms with Crippen LogP contribution in [-0.4, -0.2) is 25.9 Å². The van der Waals surface area contributed by atoms with Gasteiger partial charge in [0.05, 0.1) is 28.8 Å². The van der Waals surface area contributed by atoms with Gasteiger partial charge in [-0.05, 0) is 29.8 Å². The molecule has 0 spiro atoms. The van der Waals surface area contributed by atoms with Crippen LogP contribution in [-0.2, 0) is 21.0 Å². The molecule has 3 aromatic carbocycles. The number of nitriles is 1. The van der Waals surface area contributed by atoms with Crippen molar-refractivity contribution in [3.63, 3.8) is 0 Å². The summed E-state index contributed by atoms with van der Waals surface area (Å²) in [5, 5.41) is 13.2. The Morgan fingerprint density at radius 2 is 1.67 bits per heavy atom. The quantitative estimate of drug-likeness (QED) is 0.229. The minimum absolute atomic E-state index is 0.0152. The van der Waals surface area contributed by atoms with E-state index < -0.39 is 5.97 Å². The number of carbonyl (C=O) groups excluding carboxylic acids is 1. The molecule has 0 heterocycles. The van der Waals surface area contributed by atoms with Crippen molar-refractivity contribution in [3.8, 4) is 23.3 Å². The molecule has 3 aromatic rings. The van der Waals surface area contributed by atoms with Crippen LogP contribution in [0.3, 0.4) is 0 Å². The van der Waals surface area contributed by atoms with Gasteiger partial charge in [-0.1, -0.05) is 52.6 Å². The van der Waals surface area contributed by atoms with Crippen molar-refractivity contribution < 1.29 is 23.8 Å². The number of esters is 1. The molecule has 0 saturated heterocycles. The van der Waals surface area contributed by atoms with E-state index in [1.807, 2.05) is 6.07 Å². The lowest BCUT2D eigenvalue weighted by molar-refractivity contribution is -0.132.